The van der Waals surface area contributed by atoms with Crippen molar-refractivity contribution in [3.8, 4) is 0 Å². The van der Waals surface area contributed by atoms with Crippen molar-refractivity contribution >= 4 is 18.0 Å². The molecule has 11 nitrogen and oxygen atoms in total. The van der Waals surface area contributed by atoms with Crippen LogP contribution in [0.3, 0.4) is 0 Å². The van der Waals surface area contributed by atoms with Crippen LogP contribution in [0.1, 0.15) is 32.8 Å². The van der Waals surface area contributed by atoms with E-state index in [1.165, 1.54) is 13.1 Å². The third-order valence-electron chi connectivity index (χ3n) is 4.12. The standard InChI is InChI=1S/C17H24N4O7/c1-9-6-20(15(26)19-13(9)23)8-12(22)21-7-10(5-11(21)14(24)25)18-16(27)28-17(2,3)4/h6,10-11H,5,7-8H2,1-4H3,(H,18,27)(H,24,25)(H,19,23,26). The van der Waals surface area contributed by atoms with Crippen LogP contribution in [-0.4, -0.2) is 61.8 Å². The number of H-pyrrole nitrogens is 1. The van der Waals surface area contributed by atoms with Crippen molar-refractivity contribution in [3.63, 3.8) is 0 Å². The molecule has 11 heteroatoms. The van der Waals surface area contributed by atoms with E-state index in [9.17, 15) is 29.1 Å². The number of aromatic nitrogens is 2. The fourth-order valence-corrected chi connectivity index (χ4v) is 2.90. The molecule has 1 aliphatic rings. The number of nitrogens with zero attached hydrogens (tertiary/aromatic N) is 2. The Morgan fingerprint density at radius 3 is 2.54 bits per heavy atom. The van der Waals surface area contributed by atoms with Crippen molar-refractivity contribution in [2.75, 3.05) is 6.54 Å². The molecule has 28 heavy (non-hydrogen) atoms. The van der Waals surface area contributed by atoms with E-state index >= 15 is 0 Å². The number of carboxylic acid groups (broad SMARTS) is 1. The molecule has 0 aromatic carbocycles. The molecular weight excluding hydrogens is 372 g/mol. The molecule has 0 saturated carbocycles. The molecule has 1 aliphatic heterocycles. The van der Waals surface area contributed by atoms with E-state index in [-0.39, 0.29) is 18.5 Å². The summed E-state index contributed by atoms with van der Waals surface area (Å²) in [6.45, 7) is 6.10. The zero-order valence-electron chi connectivity index (χ0n) is 16.1. The van der Waals surface area contributed by atoms with Crippen LogP contribution in [0.25, 0.3) is 0 Å². The van der Waals surface area contributed by atoms with E-state index in [0.717, 1.165) is 9.47 Å². The van der Waals surface area contributed by atoms with Gasteiger partial charge in [-0.15, -0.1) is 0 Å². The second kappa shape index (κ2) is 7.87. The predicted octanol–water partition coefficient (Wildman–Crippen LogP) is -0.576. The van der Waals surface area contributed by atoms with Gasteiger partial charge in [0.1, 0.15) is 18.2 Å². The lowest BCUT2D eigenvalue weighted by Crippen LogP contribution is -2.45. The average Bonchev–Trinajstić information content (AvgIpc) is 2.94. The normalized spacial score (nSPS) is 19.4. The molecule has 0 bridgehead atoms. The maximum Gasteiger partial charge on any atom is 0.407 e. The number of aromatic amines is 1. The number of carbonyl (C=O) groups excluding carboxylic acids is 2. The minimum atomic E-state index is -1.22. The third-order valence-corrected chi connectivity index (χ3v) is 4.12. The molecule has 0 aliphatic carbocycles. The summed E-state index contributed by atoms with van der Waals surface area (Å²) in [7, 11) is 0. The SMILES string of the molecule is Cc1cn(CC(=O)N2CC(NC(=O)OC(C)(C)C)CC2C(=O)O)c(=O)[nH]c1=O. The number of carboxylic acids is 1. The number of amides is 2. The lowest BCUT2D eigenvalue weighted by molar-refractivity contribution is -0.148. The lowest BCUT2D eigenvalue weighted by Gasteiger charge is -2.22. The fourth-order valence-electron chi connectivity index (χ4n) is 2.90. The van der Waals surface area contributed by atoms with E-state index in [2.05, 4.69) is 10.3 Å². The summed E-state index contributed by atoms with van der Waals surface area (Å²) < 4.78 is 6.15. The van der Waals surface area contributed by atoms with Crippen molar-refractivity contribution in [1.29, 1.82) is 0 Å². The van der Waals surface area contributed by atoms with Crippen LogP contribution in [0.4, 0.5) is 4.79 Å². The Kier molecular flexibility index (Phi) is 5.95. The monoisotopic (exact) mass is 396 g/mol. The molecule has 1 aromatic rings. The first-order valence-electron chi connectivity index (χ1n) is 8.69. The fraction of sp³-hybridized carbons (Fsp3) is 0.588. The van der Waals surface area contributed by atoms with Gasteiger partial charge < -0.3 is 20.1 Å². The van der Waals surface area contributed by atoms with Gasteiger partial charge in [-0.05, 0) is 27.7 Å². The molecule has 1 saturated heterocycles. The first kappa shape index (κ1) is 21.2. The molecule has 2 rings (SSSR count). The largest absolute Gasteiger partial charge is 0.480 e. The topological polar surface area (TPSA) is 151 Å². The number of hydrogen-bond acceptors (Lipinski definition) is 6. The number of aliphatic carboxylic acids is 1. The van der Waals surface area contributed by atoms with Gasteiger partial charge in [-0.25, -0.2) is 14.4 Å². The van der Waals surface area contributed by atoms with E-state index < -0.39 is 53.4 Å². The van der Waals surface area contributed by atoms with Gasteiger partial charge >= 0.3 is 17.8 Å². The highest BCUT2D eigenvalue weighted by Gasteiger charge is 2.40. The Morgan fingerprint density at radius 1 is 1.32 bits per heavy atom. The average molecular weight is 396 g/mol. The maximum absolute atomic E-state index is 12.6. The molecule has 0 radical (unpaired) electrons. The summed E-state index contributed by atoms with van der Waals surface area (Å²) in [6.07, 6.45) is 0.546. The third kappa shape index (κ3) is 5.21. The number of carbonyl (C=O) groups is 3. The molecule has 2 amide bonds. The highest BCUT2D eigenvalue weighted by Crippen LogP contribution is 2.19. The van der Waals surface area contributed by atoms with Crippen molar-refractivity contribution in [2.24, 2.45) is 0 Å². The summed E-state index contributed by atoms with van der Waals surface area (Å²) in [5.41, 5.74) is -1.79. The van der Waals surface area contributed by atoms with Crippen LogP contribution >= 0.6 is 0 Å². The molecule has 3 N–H and O–H groups in total. The van der Waals surface area contributed by atoms with Crippen LogP contribution in [0.2, 0.25) is 0 Å². The second-order valence-electron chi connectivity index (χ2n) is 7.68. The van der Waals surface area contributed by atoms with Crippen molar-refractivity contribution in [2.45, 2.75) is 58.3 Å². The Bertz CT molecular complexity index is 896. The lowest BCUT2D eigenvalue weighted by atomic mass is 10.1. The van der Waals surface area contributed by atoms with Gasteiger partial charge in [-0.1, -0.05) is 0 Å². The molecular formula is C17H24N4O7. The van der Waals surface area contributed by atoms with Gasteiger partial charge in [0.25, 0.3) is 5.56 Å². The van der Waals surface area contributed by atoms with Gasteiger partial charge in [0, 0.05) is 24.7 Å². The Labute approximate surface area is 160 Å². The molecule has 1 aromatic heterocycles. The summed E-state index contributed by atoms with van der Waals surface area (Å²) in [5.74, 6) is -1.83. The Balaban J connectivity index is 2.12. The zero-order valence-corrected chi connectivity index (χ0v) is 16.1. The van der Waals surface area contributed by atoms with Gasteiger partial charge in [0.15, 0.2) is 0 Å². The molecule has 2 atom stereocenters. The van der Waals surface area contributed by atoms with Gasteiger partial charge in [0.2, 0.25) is 5.91 Å². The predicted molar refractivity (Wildman–Crippen MR) is 97.0 cm³/mol. The van der Waals surface area contributed by atoms with Crippen LogP contribution in [0, 0.1) is 6.92 Å². The highest BCUT2D eigenvalue weighted by molar-refractivity contribution is 5.84. The van der Waals surface area contributed by atoms with Crippen LogP contribution in [0.5, 0.6) is 0 Å². The minimum Gasteiger partial charge on any atom is -0.480 e. The number of alkyl carbamates (subject to hydrolysis) is 1. The Hall–Kier alpha value is -3.11. The van der Waals surface area contributed by atoms with E-state index in [1.54, 1.807) is 20.8 Å². The number of aryl methyl sites for hydroxylation is 1. The summed E-state index contributed by atoms with van der Waals surface area (Å²) in [5, 5.41) is 12.0. The summed E-state index contributed by atoms with van der Waals surface area (Å²) in [6, 6.07) is -1.75. The van der Waals surface area contributed by atoms with Crippen LogP contribution in [0.15, 0.2) is 15.8 Å². The van der Waals surface area contributed by atoms with Gasteiger partial charge in [0.05, 0.1) is 6.04 Å². The molecule has 0 spiro atoms. The smallest absolute Gasteiger partial charge is 0.407 e. The number of likely N-dealkylation sites (tertiary alicyclic amines) is 1. The second-order valence-corrected chi connectivity index (χ2v) is 7.68. The van der Waals surface area contributed by atoms with E-state index in [4.69, 9.17) is 4.74 Å². The Morgan fingerprint density at radius 2 is 1.96 bits per heavy atom. The van der Waals surface area contributed by atoms with E-state index in [0.29, 0.717) is 0 Å². The summed E-state index contributed by atoms with van der Waals surface area (Å²) >= 11 is 0. The van der Waals surface area contributed by atoms with Crippen molar-refractivity contribution in [3.05, 3.63) is 32.6 Å². The van der Waals surface area contributed by atoms with Crippen LogP contribution < -0.4 is 16.6 Å². The van der Waals surface area contributed by atoms with Crippen LogP contribution in [-0.2, 0) is 20.9 Å². The van der Waals surface area contributed by atoms with Crippen molar-refractivity contribution < 1.29 is 24.2 Å². The molecule has 154 valence electrons. The molecule has 1 fully saturated rings. The molecule has 2 heterocycles. The van der Waals surface area contributed by atoms with Crippen molar-refractivity contribution in [1.82, 2.24) is 19.8 Å². The minimum absolute atomic E-state index is 0.0138. The maximum atomic E-state index is 12.6. The number of nitrogens with one attached hydrogen (secondary N) is 2. The first-order chi connectivity index (χ1) is 12.9. The quantitative estimate of drug-likeness (QED) is 0.616. The van der Waals surface area contributed by atoms with E-state index in [1.807, 2.05) is 0 Å². The zero-order chi connectivity index (χ0) is 21.2. The summed E-state index contributed by atoms with van der Waals surface area (Å²) in [4.78, 5) is 62.5. The number of ether oxygens (including phenoxy) is 1. The number of rotatable bonds is 4. The molecule has 2 unspecified atom stereocenters. The van der Waals surface area contributed by atoms with Gasteiger partial charge in [-0.3, -0.25) is 19.1 Å². The highest BCUT2D eigenvalue weighted by atomic mass is 16.6. The van der Waals surface area contributed by atoms with Gasteiger partial charge in [-0.2, -0.15) is 0 Å². The first-order valence-corrected chi connectivity index (χ1v) is 8.69. The number of hydrogen-bond donors (Lipinski definition) is 3.